The molecule has 3 heterocycles. The minimum atomic E-state index is -2.06. The average molecular weight is 340 g/mol. The molecule has 0 amide bonds. The van der Waals surface area contributed by atoms with Gasteiger partial charge in [-0.15, -0.1) is 0 Å². The maximum atomic E-state index is 10.8. The molecule has 5 atom stereocenters. The van der Waals surface area contributed by atoms with Crippen molar-refractivity contribution in [2.75, 3.05) is 5.73 Å². The number of nitrogen functional groups attached to an aromatic ring is 1. The van der Waals surface area contributed by atoms with Crippen LogP contribution in [0.25, 0.3) is 11.2 Å². The molecule has 122 valence electrons. The lowest BCUT2D eigenvalue weighted by molar-refractivity contribution is -0.0847. The first-order chi connectivity index (χ1) is 10.9. The number of hydrogen-bond acceptors (Lipinski definition) is 8. The molecule has 1 aliphatic rings. The van der Waals surface area contributed by atoms with E-state index in [4.69, 9.17) is 22.1 Å². The van der Waals surface area contributed by atoms with Crippen molar-refractivity contribution in [1.29, 1.82) is 0 Å². The number of aromatic nitrogens is 4. The van der Waals surface area contributed by atoms with Crippen molar-refractivity contribution in [2.24, 2.45) is 0 Å². The summed E-state index contributed by atoms with van der Waals surface area (Å²) in [5.74, 6) is 2.35. The molecule has 1 aliphatic heterocycles. The van der Waals surface area contributed by atoms with Crippen molar-refractivity contribution in [3.05, 3.63) is 12.5 Å². The van der Waals surface area contributed by atoms with E-state index in [1.54, 1.807) is 0 Å². The van der Waals surface area contributed by atoms with Gasteiger partial charge in [-0.2, -0.15) is 4.98 Å². The van der Waals surface area contributed by atoms with Gasteiger partial charge in [0.1, 0.15) is 17.7 Å². The normalized spacial score (nSPS) is 31.8. The number of rotatable bonds is 2. The highest BCUT2D eigenvalue weighted by atomic mass is 35.5. The zero-order valence-corrected chi connectivity index (χ0v) is 12.7. The number of aliphatic hydroxyl groups excluding tert-OH is 2. The van der Waals surface area contributed by atoms with Gasteiger partial charge in [0.05, 0.1) is 18.6 Å². The summed E-state index contributed by atoms with van der Waals surface area (Å²) in [7, 11) is 0. The first-order valence-corrected chi connectivity index (χ1v) is 7.08. The summed E-state index contributed by atoms with van der Waals surface area (Å²) in [4.78, 5) is 12.0. The molecule has 1 fully saturated rings. The molecule has 9 nitrogen and oxygen atoms in total. The van der Waals surface area contributed by atoms with E-state index in [0.717, 1.165) is 0 Å². The SMILES string of the molecule is C[C@H](O)[C@H]1O[C@@H](n2cnc3cnc(N)nc32)C(O)(C#CCl)[C@H]1O. The van der Waals surface area contributed by atoms with Gasteiger partial charge in [0.15, 0.2) is 11.9 Å². The Kier molecular flexibility index (Phi) is 3.87. The van der Waals surface area contributed by atoms with Gasteiger partial charge < -0.3 is 25.8 Å². The van der Waals surface area contributed by atoms with E-state index in [2.05, 4.69) is 26.3 Å². The molecular weight excluding hydrogens is 326 g/mol. The van der Waals surface area contributed by atoms with Crippen molar-refractivity contribution in [1.82, 2.24) is 19.5 Å². The van der Waals surface area contributed by atoms with Crippen molar-refractivity contribution in [3.8, 4) is 11.3 Å². The monoisotopic (exact) mass is 339 g/mol. The van der Waals surface area contributed by atoms with Crippen LogP contribution in [0.15, 0.2) is 12.5 Å². The number of imidazole rings is 1. The number of aliphatic hydroxyl groups is 3. The third kappa shape index (κ3) is 2.41. The van der Waals surface area contributed by atoms with E-state index in [0.29, 0.717) is 5.52 Å². The molecule has 0 aromatic carbocycles. The molecule has 0 radical (unpaired) electrons. The average Bonchev–Trinajstić information content (AvgIpc) is 3.00. The minimum absolute atomic E-state index is 0.0110. The highest BCUT2D eigenvalue weighted by Gasteiger charge is 2.57. The first kappa shape index (κ1) is 15.9. The lowest BCUT2D eigenvalue weighted by atomic mass is 9.93. The van der Waals surface area contributed by atoms with Crippen LogP contribution < -0.4 is 5.73 Å². The number of hydrogen-bond donors (Lipinski definition) is 4. The Morgan fingerprint density at radius 3 is 2.91 bits per heavy atom. The Balaban J connectivity index is 2.14. The topological polar surface area (TPSA) is 140 Å². The van der Waals surface area contributed by atoms with Crippen molar-refractivity contribution in [3.63, 3.8) is 0 Å². The number of halogens is 1. The van der Waals surface area contributed by atoms with Crippen LogP contribution in [0.5, 0.6) is 0 Å². The maximum Gasteiger partial charge on any atom is 0.222 e. The number of nitrogens with two attached hydrogens (primary N) is 1. The van der Waals surface area contributed by atoms with Crippen LogP contribution in [-0.2, 0) is 4.74 Å². The van der Waals surface area contributed by atoms with Crippen molar-refractivity contribution < 1.29 is 20.1 Å². The third-order valence-corrected chi connectivity index (χ3v) is 3.83. The molecule has 10 heteroatoms. The van der Waals surface area contributed by atoms with Gasteiger partial charge in [-0.3, -0.25) is 4.57 Å². The number of ether oxygens (including phenoxy) is 1. The number of nitrogens with zero attached hydrogens (tertiary/aromatic N) is 4. The van der Waals surface area contributed by atoms with Gasteiger partial charge in [0.25, 0.3) is 0 Å². The van der Waals surface area contributed by atoms with Crippen LogP contribution in [0.2, 0.25) is 0 Å². The lowest BCUT2D eigenvalue weighted by Gasteiger charge is -2.26. The fourth-order valence-corrected chi connectivity index (χ4v) is 2.75. The summed E-state index contributed by atoms with van der Waals surface area (Å²) in [6, 6.07) is 0. The highest BCUT2D eigenvalue weighted by Crippen LogP contribution is 2.40. The predicted molar refractivity (Wildman–Crippen MR) is 79.9 cm³/mol. The summed E-state index contributed by atoms with van der Waals surface area (Å²) in [6.45, 7) is 1.43. The third-order valence-electron chi connectivity index (χ3n) is 3.73. The van der Waals surface area contributed by atoms with E-state index in [-0.39, 0.29) is 11.6 Å². The van der Waals surface area contributed by atoms with Gasteiger partial charge in [-0.1, -0.05) is 0 Å². The Morgan fingerprint density at radius 1 is 1.52 bits per heavy atom. The van der Waals surface area contributed by atoms with Crippen molar-refractivity contribution >= 4 is 28.7 Å². The van der Waals surface area contributed by atoms with Gasteiger partial charge in [-0.25, -0.2) is 9.97 Å². The van der Waals surface area contributed by atoms with E-state index in [1.165, 1.54) is 24.0 Å². The van der Waals surface area contributed by atoms with E-state index in [9.17, 15) is 15.3 Å². The molecule has 23 heavy (non-hydrogen) atoms. The van der Waals surface area contributed by atoms with Crippen LogP contribution in [0.1, 0.15) is 13.2 Å². The summed E-state index contributed by atoms with van der Waals surface area (Å²) in [6.07, 6.45) is -2.04. The maximum absolute atomic E-state index is 10.8. The van der Waals surface area contributed by atoms with Crippen LogP contribution in [0, 0.1) is 11.3 Å². The number of anilines is 1. The second-order valence-corrected chi connectivity index (χ2v) is 5.46. The van der Waals surface area contributed by atoms with Gasteiger partial charge in [0, 0.05) is 5.38 Å². The zero-order chi connectivity index (χ0) is 16.8. The zero-order valence-electron chi connectivity index (χ0n) is 12.0. The van der Waals surface area contributed by atoms with Crippen LogP contribution in [0.3, 0.4) is 0 Å². The van der Waals surface area contributed by atoms with Crippen molar-refractivity contribution in [2.45, 2.75) is 37.1 Å². The summed E-state index contributed by atoms with van der Waals surface area (Å²) in [5.41, 5.74) is 4.22. The fourth-order valence-electron chi connectivity index (χ4n) is 2.60. The second-order valence-electron chi connectivity index (χ2n) is 5.27. The molecule has 0 bridgehead atoms. The van der Waals surface area contributed by atoms with E-state index >= 15 is 0 Å². The highest BCUT2D eigenvalue weighted by molar-refractivity contribution is 6.30. The molecule has 1 unspecified atom stereocenters. The molecule has 2 aromatic rings. The molecule has 1 saturated heterocycles. The molecule has 5 N–H and O–H groups in total. The first-order valence-electron chi connectivity index (χ1n) is 6.70. The van der Waals surface area contributed by atoms with Gasteiger partial charge in [-0.05, 0) is 24.4 Å². The lowest BCUT2D eigenvalue weighted by Crippen LogP contribution is -2.47. The van der Waals surface area contributed by atoms with Crippen LogP contribution in [0.4, 0.5) is 5.95 Å². The number of fused-ring (bicyclic) bond motifs is 1. The van der Waals surface area contributed by atoms with Crippen LogP contribution in [-0.4, -0.2) is 58.8 Å². The molecule has 2 aromatic heterocycles. The summed E-state index contributed by atoms with van der Waals surface area (Å²) >= 11 is 5.41. The quantitative estimate of drug-likeness (QED) is 0.510. The van der Waals surface area contributed by atoms with Gasteiger partial charge >= 0.3 is 0 Å². The Morgan fingerprint density at radius 2 is 2.26 bits per heavy atom. The van der Waals surface area contributed by atoms with Crippen LogP contribution >= 0.6 is 11.6 Å². The predicted octanol–water partition coefficient (Wildman–Crippen LogP) is -1.02. The molecule has 3 rings (SSSR count). The van der Waals surface area contributed by atoms with E-state index in [1.807, 2.05) is 0 Å². The molecule has 0 spiro atoms. The molecule has 0 aliphatic carbocycles. The summed E-state index contributed by atoms with van der Waals surface area (Å²) in [5, 5.41) is 32.9. The van der Waals surface area contributed by atoms with E-state index < -0.39 is 30.1 Å². The summed E-state index contributed by atoms with van der Waals surface area (Å²) < 4.78 is 6.97. The Labute approximate surface area is 135 Å². The second kappa shape index (κ2) is 5.59. The largest absolute Gasteiger partial charge is 0.391 e. The smallest absolute Gasteiger partial charge is 0.222 e. The molecule has 0 saturated carbocycles. The molecular formula is C13H14ClN5O4. The minimum Gasteiger partial charge on any atom is -0.391 e. The Hall–Kier alpha value is -1.96. The standard InChI is InChI=1S/C13H14ClN5O4/c1-6(20)8-9(21)13(22,2-3-14)11(23-8)19-5-17-7-4-16-12(15)18-10(7)19/h4-6,8-9,11,20-22H,1H3,(H2,15,16,18)/t6-,8+,9-,11+,13?/m0/s1. The Bertz CT molecular complexity index is 800. The van der Waals surface area contributed by atoms with Gasteiger partial charge in [0.2, 0.25) is 11.5 Å². The fraction of sp³-hybridized carbons (Fsp3) is 0.462.